The van der Waals surface area contributed by atoms with Crippen LogP contribution in [-0.4, -0.2) is 39.8 Å². The molecule has 104 valence electrons. The van der Waals surface area contributed by atoms with Crippen LogP contribution >= 0.6 is 0 Å². The fourth-order valence-electron chi connectivity index (χ4n) is 2.33. The number of nitrogens with two attached hydrogens (primary N) is 1. The maximum absolute atomic E-state index is 12.3. The zero-order chi connectivity index (χ0) is 14.2. The average molecular weight is 266 g/mol. The van der Waals surface area contributed by atoms with Gasteiger partial charge in [0.2, 0.25) is 0 Å². The zero-order valence-electron chi connectivity index (χ0n) is 11.0. The van der Waals surface area contributed by atoms with Gasteiger partial charge in [-0.3, -0.25) is 14.9 Å². The molecule has 2 heterocycles. The van der Waals surface area contributed by atoms with Crippen LogP contribution in [0.3, 0.4) is 0 Å². The Bertz CT molecular complexity index is 509. The van der Waals surface area contributed by atoms with E-state index in [2.05, 4.69) is 4.98 Å². The van der Waals surface area contributed by atoms with E-state index >= 15 is 0 Å². The fraction of sp³-hybridized carbons (Fsp3) is 0.583. The molecule has 0 aliphatic carbocycles. The summed E-state index contributed by atoms with van der Waals surface area (Å²) in [6.45, 7) is 5.18. The molecular weight excluding hydrogens is 248 g/mol. The molecule has 1 aromatic heterocycles. The van der Waals surface area contributed by atoms with Crippen LogP contribution in [-0.2, 0) is 0 Å². The molecule has 7 heteroatoms. The Balaban J connectivity index is 2.13. The molecular formula is C12H18N4O3. The second-order valence-corrected chi connectivity index (χ2v) is 5.64. The highest BCUT2D eigenvalue weighted by Crippen LogP contribution is 2.28. The predicted octanol–water partition coefficient (Wildman–Crippen LogP) is 1.12. The zero-order valence-corrected chi connectivity index (χ0v) is 11.0. The highest BCUT2D eigenvalue weighted by atomic mass is 16.6. The van der Waals surface area contributed by atoms with Gasteiger partial charge in [0.15, 0.2) is 0 Å². The van der Waals surface area contributed by atoms with Gasteiger partial charge in [-0.2, -0.15) is 0 Å². The molecule has 0 aromatic carbocycles. The fourth-order valence-corrected chi connectivity index (χ4v) is 2.33. The molecule has 0 bridgehead atoms. The van der Waals surface area contributed by atoms with E-state index in [0.29, 0.717) is 13.1 Å². The molecule has 1 saturated heterocycles. The van der Waals surface area contributed by atoms with E-state index in [1.807, 2.05) is 13.8 Å². The van der Waals surface area contributed by atoms with Gasteiger partial charge >= 0.3 is 0 Å². The van der Waals surface area contributed by atoms with Crippen molar-refractivity contribution in [3.63, 3.8) is 0 Å². The minimum absolute atomic E-state index is 0.0644. The summed E-state index contributed by atoms with van der Waals surface area (Å²) < 4.78 is 0. The molecule has 0 saturated carbocycles. The van der Waals surface area contributed by atoms with E-state index in [4.69, 9.17) is 5.73 Å². The molecule has 7 nitrogen and oxygen atoms in total. The number of likely N-dealkylation sites (tertiary alicyclic amines) is 1. The molecule has 1 aliphatic heterocycles. The second kappa shape index (κ2) is 4.65. The van der Waals surface area contributed by atoms with Gasteiger partial charge in [0.25, 0.3) is 11.6 Å². The van der Waals surface area contributed by atoms with E-state index in [1.165, 1.54) is 12.3 Å². The first-order valence-electron chi connectivity index (χ1n) is 6.19. The van der Waals surface area contributed by atoms with Gasteiger partial charge in [0, 0.05) is 25.2 Å². The molecule has 1 unspecified atom stereocenters. The third-order valence-electron chi connectivity index (χ3n) is 3.71. The number of rotatable bonds is 2. The molecule has 1 aromatic rings. The van der Waals surface area contributed by atoms with E-state index in [9.17, 15) is 14.9 Å². The molecule has 1 fully saturated rings. The topological polar surface area (TPSA) is 105 Å². The third kappa shape index (κ3) is 2.60. The molecule has 3 N–H and O–H groups in total. The summed E-state index contributed by atoms with van der Waals surface area (Å²) in [6, 6.07) is 1.33. The van der Waals surface area contributed by atoms with Crippen molar-refractivity contribution in [1.82, 2.24) is 9.88 Å². The van der Waals surface area contributed by atoms with Gasteiger partial charge in [-0.15, -0.1) is 0 Å². The number of carbonyl (C=O) groups is 1. The summed E-state index contributed by atoms with van der Waals surface area (Å²) in [6.07, 6.45) is 1.97. The van der Waals surface area contributed by atoms with Crippen molar-refractivity contribution in [2.24, 2.45) is 11.1 Å². The van der Waals surface area contributed by atoms with Crippen LogP contribution in [0.5, 0.6) is 0 Å². The summed E-state index contributed by atoms with van der Waals surface area (Å²) in [5.74, 6) is -0.215. The monoisotopic (exact) mass is 266 g/mol. The number of nitro groups is 1. The lowest BCUT2D eigenvalue weighted by atomic mass is 9.79. The highest BCUT2D eigenvalue weighted by Gasteiger charge is 2.36. The van der Waals surface area contributed by atoms with Crippen LogP contribution in [0.2, 0.25) is 0 Å². The van der Waals surface area contributed by atoms with Crippen LogP contribution in [0, 0.1) is 15.5 Å². The first kappa shape index (κ1) is 13.5. The molecule has 1 aliphatic rings. The van der Waals surface area contributed by atoms with Gasteiger partial charge in [-0.05, 0) is 11.8 Å². The van der Waals surface area contributed by atoms with Crippen molar-refractivity contribution in [2.75, 3.05) is 13.1 Å². The molecule has 0 radical (unpaired) electrons. The third-order valence-corrected chi connectivity index (χ3v) is 3.71. The molecule has 2 rings (SSSR count). The molecule has 1 atom stereocenters. The van der Waals surface area contributed by atoms with E-state index in [-0.39, 0.29) is 28.7 Å². The van der Waals surface area contributed by atoms with Gasteiger partial charge in [-0.25, -0.2) is 0 Å². The predicted molar refractivity (Wildman–Crippen MR) is 69.7 cm³/mol. The summed E-state index contributed by atoms with van der Waals surface area (Å²) in [4.78, 5) is 26.7. The van der Waals surface area contributed by atoms with Crippen LogP contribution in [0.4, 0.5) is 5.69 Å². The summed E-state index contributed by atoms with van der Waals surface area (Å²) in [5.41, 5.74) is 6.02. The van der Waals surface area contributed by atoms with Crippen LogP contribution in [0.15, 0.2) is 12.3 Å². The van der Waals surface area contributed by atoms with Crippen LogP contribution in [0.25, 0.3) is 0 Å². The Morgan fingerprint density at radius 3 is 2.84 bits per heavy atom. The van der Waals surface area contributed by atoms with Gasteiger partial charge in [0.05, 0.1) is 11.1 Å². The lowest BCUT2D eigenvalue weighted by Crippen LogP contribution is -2.54. The number of aromatic nitrogens is 1. The normalized spacial score (nSPS) is 22.3. The number of nitrogens with zero attached hydrogens (tertiary/aromatic N) is 2. The van der Waals surface area contributed by atoms with Crippen LogP contribution in [0.1, 0.15) is 30.8 Å². The van der Waals surface area contributed by atoms with Crippen molar-refractivity contribution >= 4 is 11.6 Å². The molecule has 19 heavy (non-hydrogen) atoms. The maximum Gasteiger partial charge on any atom is 0.287 e. The second-order valence-electron chi connectivity index (χ2n) is 5.64. The van der Waals surface area contributed by atoms with Crippen molar-refractivity contribution in [2.45, 2.75) is 26.3 Å². The summed E-state index contributed by atoms with van der Waals surface area (Å²) >= 11 is 0. The number of carbonyl (C=O) groups excluding carboxylic acids is 1. The largest absolute Gasteiger partial charge is 0.351 e. The SMILES string of the molecule is CC1(C)CN(C(=O)c2cc([N+](=O)[O-])c[nH]2)CCC1N. The highest BCUT2D eigenvalue weighted by molar-refractivity contribution is 5.93. The van der Waals surface area contributed by atoms with Gasteiger partial charge in [0.1, 0.15) is 5.69 Å². The van der Waals surface area contributed by atoms with Gasteiger partial charge < -0.3 is 15.6 Å². The number of aromatic amines is 1. The van der Waals surface area contributed by atoms with E-state index in [0.717, 1.165) is 6.42 Å². The molecule has 1 amide bonds. The van der Waals surface area contributed by atoms with Crippen molar-refractivity contribution in [1.29, 1.82) is 0 Å². The number of piperidine rings is 1. The number of hydrogen-bond acceptors (Lipinski definition) is 4. The van der Waals surface area contributed by atoms with E-state index < -0.39 is 4.92 Å². The number of H-pyrrole nitrogens is 1. The Kier molecular flexibility index (Phi) is 3.32. The van der Waals surface area contributed by atoms with Crippen molar-refractivity contribution < 1.29 is 9.72 Å². The van der Waals surface area contributed by atoms with E-state index in [1.54, 1.807) is 4.90 Å². The van der Waals surface area contributed by atoms with Crippen molar-refractivity contribution in [3.05, 3.63) is 28.1 Å². The number of hydrogen-bond donors (Lipinski definition) is 2. The summed E-state index contributed by atoms with van der Waals surface area (Å²) in [7, 11) is 0. The van der Waals surface area contributed by atoms with Crippen LogP contribution < -0.4 is 5.73 Å². The van der Waals surface area contributed by atoms with Crippen molar-refractivity contribution in [3.8, 4) is 0 Å². The number of amides is 1. The minimum atomic E-state index is -0.524. The Labute approximate surface area is 110 Å². The average Bonchev–Trinajstić information content (AvgIpc) is 2.81. The maximum atomic E-state index is 12.3. The Hall–Kier alpha value is -1.89. The summed E-state index contributed by atoms with van der Waals surface area (Å²) in [5, 5.41) is 10.6. The number of nitrogens with one attached hydrogen (secondary N) is 1. The minimum Gasteiger partial charge on any atom is -0.351 e. The Morgan fingerprint density at radius 1 is 1.63 bits per heavy atom. The quantitative estimate of drug-likeness (QED) is 0.618. The molecule has 0 spiro atoms. The standard InChI is InChI=1S/C12H18N4O3/c1-12(2)7-15(4-3-10(12)13)11(17)9-5-8(6-14-9)16(18)19/h5-6,10,14H,3-4,7,13H2,1-2H3. The van der Waals surface area contributed by atoms with Gasteiger partial charge in [-0.1, -0.05) is 13.8 Å². The lowest BCUT2D eigenvalue weighted by molar-refractivity contribution is -0.384. The smallest absolute Gasteiger partial charge is 0.287 e. The first-order chi connectivity index (χ1) is 8.81. The Morgan fingerprint density at radius 2 is 2.32 bits per heavy atom. The first-order valence-corrected chi connectivity index (χ1v) is 6.19. The lowest BCUT2D eigenvalue weighted by Gasteiger charge is -2.42.